The largest absolute Gasteiger partial charge is 0.493 e. The summed E-state index contributed by atoms with van der Waals surface area (Å²) in [5.74, 6) is -0.0837. The second-order valence-electron chi connectivity index (χ2n) is 8.28. The molecule has 4 aromatic rings. The second-order valence-corrected chi connectivity index (χ2v) is 8.28. The number of nitrogens with zero attached hydrogens (tertiary/aromatic N) is 1. The first-order valence-corrected chi connectivity index (χ1v) is 11.5. The van der Waals surface area contributed by atoms with Crippen LogP contribution >= 0.6 is 0 Å². The SMILES string of the molecule is COc1cc(C(=O)Nc2cc(-c3ccc(C)cc3)cc(-c3ccccc3)n2)cc(OC)c1OCC(N)=O. The summed E-state index contributed by atoms with van der Waals surface area (Å²) in [6.07, 6.45) is 0. The minimum absolute atomic E-state index is 0.172. The fourth-order valence-corrected chi connectivity index (χ4v) is 3.75. The van der Waals surface area contributed by atoms with Crippen LogP contribution in [-0.2, 0) is 4.79 Å². The van der Waals surface area contributed by atoms with Crippen molar-refractivity contribution < 1.29 is 23.8 Å². The van der Waals surface area contributed by atoms with Crippen LogP contribution in [0.3, 0.4) is 0 Å². The maximum absolute atomic E-state index is 13.3. The van der Waals surface area contributed by atoms with E-state index < -0.39 is 11.8 Å². The van der Waals surface area contributed by atoms with Crippen molar-refractivity contribution in [2.24, 2.45) is 5.73 Å². The number of ether oxygens (including phenoxy) is 3. The Kier molecular flexibility index (Phi) is 7.68. The Balaban J connectivity index is 1.71. The lowest BCUT2D eigenvalue weighted by Crippen LogP contribution is -2.20. The van der Waals surface area contributed by atoms with Crippen LogP contribution in [-0.4, -0.2) is 37.6 Å². The number of nitrogens with two attached hydrogens (primary N) is 1. The first-order valence-electron chi connectivity index (χ1n) is 11.5. The van der Waals surface area contributed by atoms with Crippen molar-refractivity contribution >= 4 is 17.6 Å². The summed E-state index contributed by atoms with van der Waals surface area (Å²) < 4.78 is 16.2. The molecule has 3 N–H and O–H groups in total. The highest BCUT2D eigenvalue weighted by atomic mass is 16.5. The highest BCUT2D eigenvalue weighted by Gasteiger charge is 2.19. The van der Waals surface area contributed by atoms with Gasteiger partial charge in [0.1, 0.15) is 5.82 Å². The Morgan fingerprint density at radius 1 is 0.838 bits per heavy atom. The van der Waals surface area contributed by atoms with E-state index in [2.05, 4.69) is 5.32 Å². The molecule has 2 amide bonds. The number of hydrogen-bond acceptors (Lipinski definition) is 6. The number of aryl methyl sites for hydroxylation is 1. The molecule has 0 atom stereocenters. The van der Waals surface area contributed by atoms with Gasteiger partial charge in [0.2, 0.25) is 5.75 Å². The van der Waals surface area contributed by atoms with Crippen LogP contribution in [0.5, 0.6) is 17.2 Å². The number of primary amides is 1. The fraction of sp³-hybridized carbons (Fsp3) is 0.138. The van der Waals surface area contributed by atoms with Crippen molar-refractivity contribution in [2.45, 2.75) is 6.92 Å². The summed E-state index contributed by atoms with van der Waals surface area (Å²) in [6, 6.07) is 24.7. The van der Waals surface area contributed by atoms with Crippen LogP contribution in [0.15, 0.2) is 78.9 Å². The number of benzene rings is 3. The van der Waals surface area contributed by atoms with Gasteiger partial charge in [-0.25, -0.2) is 4.98 Å². The van der Waals surface area contributed by atoms with Gasteiger partial charge in [0.25, 0.3) is 11.8 Å². The Morgan fingerprint density at radius 3 is 2.08 bits per heavy atom. The topological polar surface area (TPSA) is 113 Å². The zero-order valence-corrected chi connectivity index (χ0v) is 20.8. The number of hydrogen-bond donors (Lipinski definition) is 2. The van der Waals surface area contributed by atoms with E-state index in [-0.39, 0.29) is 29.4 Å². The molecule has 0 fully saturated rings. The number of aromatic nitrogens is 1. The third-order valence-electron chi connectivity index (χ3n) is 5.60. The lowest BCUT2D eigenvalue weighted by Gasteiger charge is -2.16. The second kappa shape index (κ2) is 11.3. The number of methoxy groups -OCH3 is 2. The van der Waals surface area contributed by atoms with Crippen LogP contribution in [0.2, 0.25) is 0 Å². The molecule has 3 aromatic carbocycles. The third kappa shape index (κ3) is 6.05. The van der Waals surface area contributed by atoms with Crippen LogP contribution in [0, 0.1) is 6.92 Å². The normalized spacial score (nSPS) is 10.5. The van der Waals surface area contributed by atoms with Gasteiger partial charge in [-0.1, -0.05) is 60.2 Å². The summed E-state index contributed by atoms with van der Waals surface area (Å²) in [5, 5.41) is 2.89. The van der Waals surface area contributed by atoms with Crippen LogP contribution in [0.25, 0.3) is 22.4 Å². The highest BCUT2D eigenvalue weighted by molar-refractivity contribution is 6.05. The summed E-state index contributed by atoms with van der Waals surface area (Å²) in [6.45, 7) is 1.67. The molecule has 1 aromatic heterocycles. The number of carbonyl (C=O) groups is 2. The Morgan fingerprint density at radius 2 is 1.49 bits per heavy atom. The summed E-state index contributed by atoms with van der Waals surface area (Å²) >= 11 is 0. The summed E-state index contributed by atoms with van der Waals surface area (Å²) in [4.78, 5) is 29.2. The van der Waals surface area contributed by atoms with Crippen molar-refractivity contribution in [2.75, 3.05) is 26.1 Å². The number of pyridine rings is 1. The number of amides is 2. The summed E-state index contributed by atoms with van der Waals surface area (Å²) in [7, 11) is 2.85. The van der Waals surface area contributed by atoms with Crippen molar-refractivity contribution in [1.82, 2.24) is 4.98 Å². The van der Waals surface area contributed by atoms with Crippen LogP contribution in [0.4, 0.5) is 5.82 Å². The predicted octanol–water partition coefficient (Wildman–Crippen LogP) is 4.86. The average molecular weight is 498 g/mol. The quantitative estimate of drug-likeness (QED) is 0.342. The van der Waals surface area contributed by atoms with Crippen molar-refractivity contribution in [3.05, 3.63) is 90.0 Å². The maximum atomic E-state index is 13.3. The van der Waals surface area contributed by atoms with Crippen LogP contribution in [0.1, 0.15) is 15.9 Å². The zero-order valence-electron chi connectivity index (χ0n) is 20.8. The Hall–Kier alpha value is -4.85. The van der Waals surface area contributed by atoms with E-state index in [4.69, 9.17) is 24.9 Å². The Bertz CT molecular complexity index is 1390. The molecule has 0 aliphatic rings. The van der Waals surface area contributed by atoms with Gasteiger partial charge >= 0.3 is 0 Å². The van der Waals surface area contributed by atoms with Crippen molar-refractivity contribution in [3.63, 3.8) is 0 Å². The maximum Gasteiger partial charge on any atom is 0.257 e. The zero-order chi connectivity index (χ0) is 26.4. The number of nitrogens with one attached hydrogen (secondary N) is 1. The molecular formula is C29H27N3O5. The predicted molar refractivity (Wildman–Crippen MR) is 142 cm³/mol. The molecule has 0 radical (unpaired) electrons. The molecule has 1 heterocycles. The smallest absolute Gasteiger partial charge is 0.257 e. The van der Waals surface area contributed by atoms with Gasteiger partial charge in [-0.3, -0.25) is 9.59 Å². The Labute approximate surface area is 215 Å². The fourth-order valence-electron chi connectivity index (χ4n) is 3.75. The lowest BCUT2D eigenvalue weighted by atomic mass is 10.0. The summed E-state index contributed by atoms with van der Waals surface area (Å²) in [5.41, 5.74) is 10.1. The van der Waals surface area contributed by atoms with E-state index in [1.807, 2.05) is 73.7 Å². The standard InChI is InChI=1S/C29H27N3O5/c1-18-9-11-19(12-10-18)21-13-23(20-7-5-4-6-8-20)31-27(16-21)32-29(34)22-14-24(35-2)28(25(15-22)36-3)37-17-26(30)33/h4-16H,17H2,1-3H3,(H2,30,33)(H,31,32,34). The van der Waals surface area contributed by atoms with Gasteiger partial charge in [0.05, 0.1) is 19.9 Å². The van der Waals surface area contributed by atoms with E-state index in [1.54, 1.807) is 0 Å². The number of carbonyl (C=O) groups excluding carboxylic acids is 2. The molecule has 0 aliphatic carbocycles. The van der Waals surface area contributed by atoms with Gasteiger partial charge < -0.3 is 25.3 Å². The van der Waals surface area contributed by atoms with Gasteiger partial charge in [-0.05, 0) is 42.3 Å². The van der Waals surface area contributed by atoms with Crippen LogP contribution < -0.4 is 25.3 Å². The van der Waals surface area contributed by atoms with Crippen molar-refractivity contribution in [3.8, 4) is 39.6 Å². The molecule has 0 aliphatic heterocycles. The first-order chi connectivity index (χ1) is 17.9. The third-order valence-corrected chi connectivity index (χ3v) is 5.60. The van der Waals surface area contributed by atoms with Gasteiger partial charge in [-0.2, -0.15) is 0 Å². The number of anilines is 1. The first kappa shape index (κ1) is 25.2. The van der Waals surface area contributed by atoms with E-state index in [9.17, 15) is 9.59 Å². The minimum atomic E-state index is -0.653. The molecule has 8 nitrogen and oxygen atoms in total. The monoisotopic (exact) mass is 497 g/mol. The molecule has 0 unspecified atom stereocenters. The van der Waals surface area contributed by atoms with E-state index in [0.29, 0.717) is 5.82 Å². The molecule has 0 saturated heterocycles. The highest BCUT2D eigenvalue weighted by Crippen LogP contribution is 2.39. The molecule has 37 heavy (non-hydrogen) atoms. The van der Waals surface area contributed by atoms with Gasteiger partial charge in [-0.15, -0.1) is 0 Å². The van der Waals surface area contributed by atoms with Gasteiger partial charge in [0, 0.05) is 11.1 Å². The van der Waals surface area contributed by atoms with Gasteiger partial charge in [0.15, 0.2) is 18.1 Å². The number of rotatable bonds is 9. The lowest BCUT2D eigenvalue weighted by molar-refractivity contribution is -0.120. The molecule has 188 valence electrons. The van der Waals surface area contributed by atoms with E-state index >= 15 is 0 Å². The average Bonchev–Trinajstić information content (AvgIpc) is 2.92. The molecule has 0 bridgehead atoms. The molecular weight excluding hydrogens is 470 g/mol. The van der Waals surface area contributed by atoms with Crippen molar-refractivity contribution in [1.29, 1.82) is 0 Å². The molecule has 4 rings (SSSR count). The van der Waals surface area contributed by atoms with E-state index in [0.717, 1.165) is 27.9 Å². The molecule has 8 heteroatoms. The minimum Gasteiger partial charge on any atom is -0.493 e. The molecule has 0 spiro atoms. The molecule has 0 saturated carbocycles. The van der Waals surface area contributed by atoms with E-state index in [1.165, 1.54) is 26.4 Å².